The van der Waals surface area contributed by atoms with E-state index in [1.165, 1.54) is 0 Å². The summed E-state index contributed by atoms with van der Waals surface area (Å²) in [6.07, 6.45) is 2.69. The third-order valence-corrected chi connectivity index (χ3v) is 1.89. The highest BCUT2D eigenvalue weighted by Crippen LogP contribution is 2.01. The first kappa shape index (κ1) is 10.9. The Labute approximate surface area is 85.2 Å². The Morgan fingerprint density at radius 2 is 2.14 bits per heavy atom. The van der Waals surface area contributed by atoms with Crippen LogP contribution in [0.15, 0.2) is 12.4 Å². The first-order valence-electron chi connectivity index (χ1n) is 5.06. The molecule has 14 heavy (non-hydrogen) atoms. The SMILES string of the molecule is CCNCCCNc1cc(C)ncn1. The number of aromatic nitrogens is 2. The van der Waals surface area contributed by atoms with Crippen molar-refractivity contribution in [2.24, 2.45) is 0 Å². The molecule has 1 rings (SSSR count). The summed E-state index contributed by atoms with van der Waals surface area (Å²) in [4.78, 5) is 8.15. The Morgan fingerprint density at radius 1 is 1.29 bits per heavy atom. The van der Waals surface area contributed by atoms with Crippen LogP contribution < -0.4 is 10.6 Å². The highest BCUT2D eigenvalue weighted by Gasteiger charge is 1.93. The molecular formula is C10H18N4. The third kappa shape index (κ3) is 4.18. The van der Waals surface area contributed by atoms with E-state index < -0.39 is 0 Å². The van der Waals surface area contributed by atoms with Gasteiger partial charge in [-0.2, -0.15) is 0 Å². The number of rotatable bonds is 6. The summed E-state index contributed by atoms with van der Waals surface area (Å²) in [5.41, 5.74) is 0.995. The third-order valence-electron chi connectivity index (χ3n) is 1.89. The molecule has 0 atom stereocenters. The van der Waals surface area contributed by atoms with Crippen LogP contribution in [0.25, 0.3) is 0 Å². The fraction of sp³-hybridized carbons (Fsp3) is 0.600. The van der Waals surface area contributed by atoms with Crippen LogP contribution >= 0.6 is 0 Å². The summed E-state index contributed by atoms with van der Waals surface area (Å²) in [7, 11) is 0. The van der Waals surface area contributed by atoms with Gasteiger partial charge in [-0.05, 0) is 26.4 Å². The van der Waals surface area contributed by atoms with E-state index in [0.29, 0.717) is 0 Å². The molecule has 0 amide bonds. The van der Waals surface area contributed by atoms with Gasteiger partial charge in [-0.3, -0.25) is 0 Å². The first-order valence-corrected chi connectivity index (χ1v) is 5.06. The van der Waals surface area contributed by atoms with Gasteiger partial charge in [-0.25, -0.2) is 9.97 Å². The van der Waals surface area contributed by atoms with Crippen LogP contribution in [0.5, 0.6) is 0 Å². The molecule has 4 heteroatoms. The summed E-state index contributed by atoms with van der Waals surface area (Å²) in [5.74, 6) is 0.911. The Balaban J connectivity index is 2.18. The van der Waals surface area contributed by atoms with Crippen molar-refractivity contribution in [3.05, 3.63) is 18.1 Å². The lowest BCUT2D eigenvalue weighted by atomic mass is 10.4. The number of hydrogen-bond acceptors (Lipinski definition) is 4. The van der Waals surface area contributed by atoms with Crippen molar-refractivity contribution in [3.63, 3.8) is 0 Å². The molecule has 78 valence electrons. The Bertz CT molecular complexity index is 262. The lowest BCUT2D eigenvalue weighted by Crippen LogP contribution is -2.17. The number of hydrogen-bond donors (Lipinski definition) is 2. The summed E-state index contributed by atoms with van der Waals surface area (Å²) in [6, 6.07) is 1.95. The van der Waals surface area contributed by atoms with Gasteiger partial charge in [-0.15, -0.1) is 0 Å². The van der Waals surface area contributed by atoms with Gasteiger partial charge in [0.15, 0.2) is 0 Å². The molecule has 0 saturated heterocycles. The van der Waals surface area contributed by atoms with Crippen molar-refractivity contribution in [2.75, 3.05) is 25.0 Å². The Kier molecular flexibility index (Phi) is 4.93. The van der Waals surface area contributed by atoms with Crippen LogP contribution in [0, 0.1) is 6.92 Å². The summed E-state index contributed by atoms with van der Waals surface area (Å²) >= 11 is 0. The molecule has 0 spiro atoms. The Morgan fingerprint density at radius 3 is 2.86 bits per heavy atom. The number of nitrogens with zero attached hydrogens (tertiary/aromatic N) is 2. The van der Waals surface area contributed by atoms with Gasteiger partial charge in [0, 0.05) is 18.3 Å². The van der Waals surface area contributed by atoms with Gasteiger partial charge in [0.2, 0.25) is 0 Å². The van der Waals surface area contributed by atoms with Gasteiger partial charge >= 0.3 is 0 Å². The topological polar surface area (TPSA) is 49.8 Å². The molecule has 0 aliphatic rings. The van der Waals surface area contributed by atoms with E-state index in [4.69, 9.17) is 0 Å². The van der Waals surface area contributed by atoms with Crippen molar-refractivity contribution < 1.29 is 0 Å². The molecule has 0 bridgehead atoms. The van der Waals surface area contributed by atoms with Gasteiger partial charge in [0.05, 0.1) is 0 Å². The van der Waals surface area contributed by atoms with Crippen LogP contribution in [0.2, 0.25) is 0 Å². The predicted octanol–water partition coefficient (Wildman–Crippen LogP) is 1.20. The molecule has 0 fully saturated rings. The lowest BCUT2D eigenvalue weighted by Gasteiger charge is -2.05. The molecule has 2 N–H and O–H groups in total. The quantitative estimate of drug-likeness (QED) is 0.668. The maximum absolute atomic E-state index is 4.11. The van der Waals surface area contributed by atoms with Gasteiger partial charge < -0.3 is 10.6 Å². The first-order chi connectivity index (χ1) is 6.83. The van der Waals surface area contributed by atoms with Gasteiger partial charge in [-0.1, -0.05) is 6.92 Å². The molecule has 0 radical (unpaired) electrons. The minimum atomic E-state index is 0.911. The smallest absolute Gasteiger partial charge is 0.129 e. The summed E-state index contributed by atoms with van der Waals surface area (Å²) < 4.78 is 0. The molecule has 0 aliphatic carbocycles. The van der Waals surface area contributed by atoms with E-state index in [-0.39, 0.29) is 0 Å². The zero-order chi connectivity index (χ0) is 10.2. The molecular weight excluding hydrogens is 176 g/mol. The largest absolute Gasteiger partial charge is 0.370 e. The second-order valence-corrected chi connectivity index (χ2v) is 3.18. The maximum atomic E-state index is 4.11. The number of nitrogens with one attached hydrogen (secondary N) is 2. The monoisotopic (exact) mass is 194 g/mol. The standard InChI is InChI=1S/C10H18N4/c1-3-11-5-4-6-12-10-7-9(2)13-8-14-10/h7-8,11H,3-6H2,1-2H3,(H,12,13,14). The van der Waals surface area contributed by atoms with Gasteiger partial charge in [0.25, 0.3) is 0 Å². The molecule has 0 saturated carbocycles. The van der Waals surface area contributed by atoms with E-state index in [2.05, 4.69) is 27.5 Å². The van der Waals surface area contributed by atoms with Crippen LogP contribution in [0.4, 0.5) is 5.82 Å². The fourth-order valence-corrected chi connectivity index (χ4v) is 1.16. The van der Waals surface area contributed by atoms with Crippen LogP contribution in [0.3, 0.4) is 0 Å². The summed E-state index contributed by atoms with van der Waals surface area (Å²) in [6.45, 7) is 7.11. The summed E-state index contributed by atoms with van der Waals surface area (Å²) in [5, 5.41) is 6.53. The molecule has 1 heterocycles. The van der Waals surface area contributed by atoms with E-state index in [0.717, 1.165) is 37.6 Å². The van der Waals surface area contributed by atoms with Crippen LogP contribution in [0.1, 0.15) is 19.0 Å². The second-order valence-electron chi connectivity index (χ2n) is 3.18. The van der Waals surface area contributed by atoms with Crippen LogP contribution in [-0.2, 0) is 0 Å². The highest BCUT2D eigenvalue weighted by molar-refractivity contribution is 5.33. The molecule has 0 aliphatic heterocycles. The molecule has 0 unspecified atom stereocenters. The van der Waals surface area contributed by atoms with E-state index in [1.54, 1.807) is 6.33 Å². The van der Waals surface area contributed by atoms with Crippen molar-refractivity contribution in [2.45, 2.75) is 20.3 Å². The van der Waals surface area contributed by atoms with E-state index in [9.17, 15) is 0 Å². The zero-order valence-electron chi connectivity index (χ0n) is 8.88. The highest BCUT2D eigenvalue weighted by atomic mass is 15.0. The Hall–Kier alpha value is -1.16. The average Bonchev–Trinajstić information content (AvgIpc) is 2.18. The number of aryl methyl sites for hydroxylation is 1. The molecule has 4 nitrogen and oxygen atoms in total. The molecule has 1 aromatic rings. The molecule has 0 aromatic carbocycles. The zero-order valence-corrected chi connectivity index (χ0v) is 8.88. The maximum Gasteiger partial charge on any atom is 0.129 e. The van der Waals surface area contributed by atoms with Crippen molar-refractivity contribution in [1.82, 2.24) is 15.3 Å². The van der Waals surface area contributed by atoms with E-state index in [1.807, 2.05) is 13.0 Å². The second kappa shape index (κ2) is 6.32. The lowest BCUT2D eigenvalue weighted by molar-refractivity contribution is 0.688. The molecule has 1 aromatic heterocycles. The predicted molar refractivity (Wildman–Crippen MR) is 58.4 cm³/mol. The average molecular weight is 194 g/mol. The minimum Gasteiger partial charge on any atom is -0.370 e. The van der Waals surface area contributed by atoms with E-state index >= 15 is 0 Å². The minimum absolute atomic E-state index is 0.911. The van der Waals surface area contributed by atoms with Gasteiger partial charge in [0.1, 0.15) is 12.1 Å². The van der Waals surface area contributed by atoms with Crippen molar-refractivity contribution in [3.8, 4) is 0 Å². The normalized spacial score (nSPS) is 10.1. The number of anilines is 1. The van der Waals surface area contributed by atoms with Crippen LogP contribution in [-0.4, -0.2) is 29.6 Å². The fourth-order valence-electron chi connectivity index (χ4n) is 1.16. The van der Waals surface area contributed by atoms with Crippen molar-refractivity contribution in [1.29, 1.82) is 0 Å². The van der Waals surface area contributed by atoms with Crippen molar-refractivity contribution >= 4 is 5.82 Å².